The summed E-state index contributed by atoms with van der Waals surface area (Å²) in [6, 6.07) is 5.95. The number of pyridine rings is 1. The van der Waals surface area contributed by atoms with Gasteiger partial charge < -0.3 is 4.98 Å². The van der Waals surface area contributed by atoms with Crippen LogP contribution >= 0.6 is 22.9 Å². The van der Waals surface area contributed by atoms with Gasteiger partial charge in [-0.25, -0.2) is 4.98 Å². The lowest BCUT2D eigenvalue weighted by atomic mass is 10.0. The number of benzene rings is 1. The second-order valence-corrected chi connectivity index (χ2v) is 6.69. The first-order chi connectivity index (χ1) is 12.2. The van der Waals surface area contributed by atoms with Crippen molar-refractivity contribution in [1.82, 2.24) is 9.97 Å². The van der Waals surface area contributed by atoms with Crippen molar-refractivity contribution in [2.24, 2.45) is 0 Å². The van der Waals surface area contributed by atoms with Gasteiger partial charge in [-0.3, -0.25) is 9.59 Å². The number of aromatic nitrogens is 2. The van der Waals surface area contributed by atoms with E-state index in [1.807, 2.05) is 0 Å². The van der Waals surface area contributed by atoms with E-state index in [9.17, 15) is 28.0 Å². The molecule has 0 saturated heterocycles. The minimum atomic E-state index is -4.52. The van der Waals surface area contributed by atoms with Gasteiger partial charge in [-0.15, -0.1) is 11.3 Å². The Morgan fingerprint density at radius 1 is 1.35 bits per heavy atom. The molecule has 1 atom stereocenters. The van der Waals surface area contributed by atoms with Gasteiger partial charge in [0.15, 0.2) is 11.7 Å². The number of halogens is 4. The Morgan fingerprint density at radius 2 is 2.08 bits per heavy atom. The largest absolute Gasteiger partial charge is 0.416 e. The van der Waals surface area contributed by atoms with Crippen molar-refractivity contribution in [1.29, 1.82) is 5.26 Å². The second kappa shape index (κ2) is 6.55. The van der Waals surface area contributed by atoms with E-state index in [1.165, 1.54) is 6.07 Å². The average Bonchev–Trinajstić information content (AvgIpc) is 2.99. The molecule has 1 aromatic carbocycles. The Labute approximate surface area is 152 Å². The Morgan fingerprint density at radius 3 is 2.69 bits per heavy atom. The highest BCUT2D eigenvalue weighted by atomic mass is 35.5. The standard InChI is InChI=1S/C16H7ClF3N3O2S/c17-10-3-7(6-22-14(10)25)13(24)9(5-21)15-23-11-4-8(16(18,19)20)1-2-12(11)26-15/h1-4,6,9H,(H,22,25)/t9-/m0/s1. The summed E-state index contributed by atoms with van der Waals surface area (Å²) >= 11 is 6.63. The highest BCUT2D eigenvalue weighted by Crippen LogP contribution is 2.35. The number of hydrogen-bond donors (Lipinski definition) is 1. The maximum atomic E-state index is 12.8. The van der Waals surface area contributed by atoms with Gasteiger partial charge in [0.1, 0.15) is 10.0 Å². The molecular weight excluding hydrogens is 391 g/mol. The van der Waals surface area contributed by atoms with E-state index < -0.39 is 29.0 Å². The first-order valence-corrected chi connectivity index (χ1v) is 8.20. The van der Waals surface area contributed by atoms with Gasteiger partial charge in [-0.1, -0.05) is 11.6 Å². The van der Waals surface area contributed by atoms with E-state index >= 15 is 0 Å². The SMILES string of the molecule is N#C[C@@H](C(=O)c1c[nH]c(=O)c(Cl)c1)c1nc2cc(C(F)(F)F)ccc2s1. The number of nitriles is 1. The molecular formula is C16H7ClF3N3O2S. The molecule has 132 valence electrons. The summed E-state index contributed by atoms with van der Waals surface area (Å²) < 4.78 is 38.8. The Hall–Kier alpha value is -2.70. The number of Topliss-reactive ketones (excluding diaryl/α,β-unsaturated/α-hetero) is 1. The van der Waals surface area contributed by atoms with Gasteiger partial charge >= 0.3 is 6.18 Å². The van der Waals surface area contributed by atoms with E-state index in [-0.39, 0.29) is 21.1 Å². The number of H-pyrrole nitrogens is 1. The predicted octanol–water partition coefficient (Wildman–Crippen LogP) is 4.15. The monoisotopic (exact) mass is 397 g/mol. The van der Waals surface area contributed by atoms with Crippen molar-refractivity contribution < 1.29 is 18.0 Å². The summed E-state index contributed by atoms with van der Waals surface area (Å²) in [6.07, 6.45) is -3.40. The van der Waals surface area contributed by atoms with Crippen LogP contribution in [0, 0.1) is 11.3 Å². The molecule has 0 aliphatic rings. The van der Waals surface area contributed by atoms with Gasteiger partial charge in [0.2, 0.25) is 0 Å². The highest BCUT2D eigenvalue weighted by Gasteiger charge is 2.31. The van der Waals surface area contributed by atoms with Crippen molar-refractivity contribution in [3.8, 4) is 6.07 Å². The lowest BCUT2D eigenvalue weighted by molar-refractivity contribution is -0.137. The van der Waals surface area contributed by atoms with Crippen LogP contribution in [0.3, 0.4) is 0 Å². The van der Waals surface area contributed by atoms with Gasteiger partial charge in [0.05, 0.1) is 21.8 Å². The second-order valence-electron chi connectivity index (χ2n) is 5.22. The topological polar surface area (TPSA) is 86.6 Å². The number of ketones is 1. The summed E-state index contributed by atoms with van der Waals surface area (Å²) in [7, 11) is 0. The van der Waals surface area contributed by atoms with Crippen molar-refractivity contribution in [3.63, 3.8) is 0 Å². The summed E-state index contributed by atoms with van der Waals surface area (Å²) in [5.74, 6) is -2.00. The molecule has 0 aliphatic heterocycles. The molecule has 0 unspecified atom stereocenters. The zero-order chi connectivity index (χ0) is 19.1. The highest BCUT2D eigenvalue weighted by molar-refractivity contribution is 7.18. The van der Waals surface area contributed by atoms with E-state index in [0.29, 0.717) is 4.70 Å². The number of nitrogens with zero attached hydrogens (tertiary/aromatic N) is 2. The van der Waals surface area contributed by atoms with E-state index in [2.05, 4.69) is 9.97 Å². The number of rotatable bonds is 3. The van der Waals surface area contributed by atoms with Crippen LogP contribution in [0.15, 0.2) is 35.3 Å². The number of carbonyl (C=O) groups excluding carboxylic acids is 1. The third-order valence-electron chi connectivity index (χ3n) is 3.51. The molecule has 10 heteroatoms. The first-order valence-electron chi connectivity index (χ1n) is 7.00. The summed E-state index contributed by atoms with van der Waals surface area (Å²) in [5.41, 5.74) is -1.41. The Bertz CT molecular complexity index is 1110. The summed E-state index contributed by atoms with van der Waals surface area (Å²) in [6.45, 7) is 0. The maximum Gasteiger partial charge on any atom is 0.416 e. The molecule has 0 bridgehead atoms. The molecule has 0 fully saturated rings. The Kier molecular flexibility index (Phi) is 4.56. The molecule has 0 amide bonds. The minimum absolute atomic E-state index is 0.00335. The zero-order valence-electron chi connectivity index (χ0n) is 12.6. The van der Waals surface area contributed by atoms with Gasteiger partial charge in [0.25, 0.3) is 5.56 Å². The number of aromatic amines is 1. The van der Waals surface area contributed by atoms with Crippen LogP contribution in [0.25, 0.3) is 10.2 Å². The van der Waals surface area contributed by atoms with E-state index in [4.69, 9.17) is 11.6 Å². The number of thiazole rings is 1. The normalized spacial score (nSPS) is 12.7. The fourth-order valence-corrected chi connectivity index (χ4v) is 3.40. The van der Waals surface area contributed by atoms with Crippen LogP contribution in [-0.2, 0) is 6.18 Å². The molecule has 5 nitrogen and oxygen atoms in total. The van der Waals surface area contributed by atoms with Crippen molar-refractivity contribution in [2.45, 2.75) is 12.1 Å². The minimum Gasteiger partial charge on any atom is -0.327 e. The molecule has 0 saturated carbocycles. The number of alkyl halides is 3. The lowest BCUT2D eigenvalue weighted by Gasteiger charge is -2.05. The smallest absolute Gasteiger partial charge is 0.327 e. The van der Waals surface area contributed by atoms with E-state index in [0.717, 1.165) is 35.7 Å². The molecule has 0 radical (unpaired) electrons. The van der Waals surface area contributed by atoms with E-state index in [1.54, 1.807) is 6.07 Å². The summed E-state index contributed by atoms with van der Waals surface area (Å²) in [4.78, 5) is 30.1. The first kappa shape index (κ1) is 18.1. The molecule has 2 heterocycles. The molecule has 2 aromatic heterocycles. The fourth-order valence-electron chi connectivity index (χ4n) is 2.24. The molecule has 0 spiro atoms. The fraction of sp³-hybridized carbons (Fsp3) is 0.125. The van der Waals surface area contributed by atoms with Gasteiger partial charge in [-0.05, 0) is 24.3 Å². The molecule has 1 N–H and O–H groups in total. The maximum absolute atomic E-state index is 12.8. The Balaban J connectivity index is 2.02. The molecule has 3 rings (SSSR count). The van der Waals surface area contributed by atoms with Crippen LogP contribution in [0.2, 0.25) is 5.02 Å². The van der Waals surface area contributed by atoms with Crippen LogP contribution in [0.1, 0.15) is 26.8 Å². The van der Waals surface area contributed by atoms with Gasteiger partial charge in [0, 0.05) is 11.8 Å². The number of hydrogen-bond acceptors (Lipinski definition) is 5. The molecule has 26 heavy (non-hydrogen) atoms. The number of nitrogens with one attached hydrogen (secondary N) is 1. The van der Waals surface area contributed by atoms with Crippen molar-refractivity contribution in [3.05, 3.63) is 62.0 Å². The lowest BCUT2D eigenvalue weighted by Crippen LogP contribution is -2.14. The predicted molar refractivity (Wildman–Crippen MR) is 89.4 cm³/mol. The van der Waals surface area contributed by atoms with Crippen LogP contribution < -0.4 is 5.56 Å². The average molecular weight is 398 g/mol. The summed E-state index contributed by atoms with van der Waals surface area (Å²) in [5, 5.41) is 9.20. The van der Waals surface area contributed by atoms with Gasteiger partial charge in [-0.2, -0.15) is 18.4 Å². The zero-order valence-corrected chi connectivity index (χ0v) is 14.2. The van der Waals surface area contributed by atoms with Crippen LogP contribution in [0.5, 0.6) is 0 Å². The molecule has 3 aromatic rings. The van der Waals surface area contributed by atoms with Crippen LogP contribution in [0.4, 0.5) is 13.2 Å². The number of fused-ring (bicyclic) bond motifs is 1. The van der Waals surface area contributed by atoms with Crippen molar-refractivity contribution in [2.75, 3.05) is 0 Å². The third-order valence-corrected chi connectivity index (χ3v) is 4.89. The molecule has 0 aliphatic carbocycles. The van der Waals surface area contributed by atoms with Crippen LogP contribution in [-0.4, -0.2) is 15.8 Å². The quantitative estimate of drug-likeness (QED) is 0.673. The number of carbonyl (C=O) groups is 1. The van der Waals surface area contributed by atoms with Crippen molar-refractivity contribution >= 4 is 38.9 Å². The third kappa shape index (κ3) is 3.34.